The second kappa shape index (κ2) is 3.17. The van der Waals surface area contributed by atoms with Gasteiger partial charge < -0.3 is 5.32 Å². The van der Waals surface area contributed by atoms with Gasteiger partial charge >= 0.3 is 0 Å². The molecule has 52 valence electrons. The number of halogens is 1. The van der Waals surface area contributed by atoms with E-state index in [-0.39, 0.29) is 0 Å². The zero-order chi connectivity index (χ0) is 7.40. The van der Waals surface area contributed by atoms with E-state index in [0.717, 1.165) is 0 Å². The van der Waals surface area contributed by atoms with Gasteiger partial charge in [0.25, 0.3) is 0 Å². The molecule has 1 N–H and O–H groups in total. The molecular weight excluding hydrogens is 152 g/mol. The number of nitrogens with one attached hydrogen (secondary N) is 1. The van der Waals surface area contributed by atoms with E-state index in [1.165, 1.54) is 12.4 Å². The smallest absolute Gasteiger partial charge is 0.211 e. The maximum absolute atomic E-state index is 9.90. The van der Waals surface area contributed by atoms with Crippen LogP contribution in [0.5, 0.6) is 0 Å². The quantitative estimate of drug-likeness (QED) is 0.656. The van der Waals surface area contributed by atoms with Crippen LogP contribution in [0, 0.1) is 0 Å². The molecule has 0 aliphatic carbocycles. The van der Waals surface area contributed by atoms with Gasteiger partial charge in [0.2, 0.25) is 6.41 Å². The van der Waals surface area contributed by atoms with E-state index >= 15 is 0 Å². The third-order valence-corrected chi connectivity index (χ3v) is 1.14. The van der Waals surface area contributed by atoms with E-state index in [2.05, 4.69) is 10.3 Å². The Hall–Kier alpha value is -1.09. The minimum Gasteiger partial charge on any atom is -0.327 e. The highest BCUT2D eigenvalue weighted by molar-refractivity contribution is 6.30. The summed E-state index contributed by atoms with van der Waals surface area (Å²) in [6, 6.07) is 1.61. The Morgan fingerprint density at radius 2 is 2.40 bits per heavy atom. The molecule has 0 radical (unpaired) electrons. The summed E-state index contributed by atoms with van der Waals surface area (Å²) in [6.07, 6.45) is 3.59. The number of aromatic nitrogens is 1. The van der Waals surface area contributed by atoms with E-state index < -0.39 is 0 Å². The van der Waals surface area contributed by atoms with Crippen molar-refractivity contribution in [3.63, 3.8) is 0 Å². The first-order valence-corrected chi connectivity index (χ1v) is 3.01. The topological polar surface area (TPSA) is 42.0 Å². The molecule has 0 bridgehead atoms. The fourth-order valence-corrected chi connectivity index (χ4v) is 0.733. The molecule has 3 nitrogen and oxygen atoms in total. The second-order valence-electron chi connectivity index (χ2n) is 1.65. The van der Waals surface area contributed by atoms with Gasteiger partial charge in [-0.1, -0.05) is 11.6 Å². The maximum Gasteiger partial charge on any atom is 0.211 e. The van der Waals surface area contributed by atoms with Gasteiger partial charge in [0.1, 0.15) is 0 Å². The predicted octanol–water partition coefficient (Wildman–Crippen LogP) is 1.30. The molecule has 1 aromatic rings. The Morgan fingerprint density at radius 3 is 3.00 bits per heavy atom. The normalized spacial score (nSPS) is 8.90. The highest BCUT2D eigenvalue weighted by Gasteiger charge is 1.90. The summed E-state index contributed by atoms with van der Waals surface area (Å²) in [5.41, 5.74) is 0.600. The van der Waals surface area contributed by atoms with E-state index in [4.69, 9.17) is 11.6 Å². The molecule has 0 atom stereocenters. The van der Waals surface area contributed by atoms with Crippen LogP contribution in [0.25, 0.3) is 0 Å². The summed E-state index contributed by atoms with van der Waals surface area (Å²) in [5, 5.41) is 2.93. The number of hydrogen-bond acceptors (Lipinski definition) is 2. The molecule has 10 heavy (non-hydrogen) atoms. The lowest BCUT2D eigenvalue weighted by molar-refractivity contribution is -0.105. The average molecular weight is 157 g/mol. The van der Waals surface area contributed by atoms with Gasteiger partial charge in [-0.2, -0.15) is 0 Å². The van der Waals surface area contributed by atoms with Crippen LogP contribution in [0.3, 0.4) is 0 Å². The van der Waals surface area contributed by atoms with Crippen molar-refractivity contribution in [2.75, 3.05) is 5.32 Å². The van der Waals surface area contributed by atoms with Crippen LogP contribution in [-0.4, -0.2) is 11.4 Å². The van der Waals surface area contributed by atoms with Gasteiger partial charge in [-0.05, 0) is 6.07 Å². The second-order valence-corrected chi connectivity index (χ2v) is 2.09. The molecular formula is C6H5ClN2O. The van der Waals surface area contributed by atoms with Crippen LogP contribution in [0.2, 0.25) is 5.02 Å². The van der Waals surface area contributed by atoms with Gasteiger partial charge in [-0.3, -0.25) is 9.78 Å². The van der Waals surface area contributed by atoms with Crippen LogP contribution in [-0.2, 0) is 4.79 Å². The standard InChI is InChI=1S/C6H5ClN2O/c7-5-1-6(9-4-10)3-8-2-5/h1-4H,(H,9,10). The van der Waals surface area contributed by atoms with Crippen molar-refractivity contribution in [1.82, 2.24) is 4.98 Å². The van der Waals surface area contributed by atoms with Crippen molar-refractivity contribution in [2.24, 2.45) is 0 Å². The van der Waals surface area contributed by atoms with Gasteiger partial charge in [0.15, 0.2) is 0 Å². The maximum atomic E-state index is 9.90. The lowest BCUT2D eigenvalue weighted by atomic mass is 10.4. The SMILES string of the molecule is O=CNc1cncc(Cl)c1. The Labute approximate surface area is 63.0 Å². The third-order valence-electron chi connectivity index (χ3n) is 0.930. The molecule has 0 saturated heterocycles. The highest BCUT2D eigenvalue weighted by Crippen LogP contribution is 2.11. The summed E-state index contributed by atoms with van der Waals surface area (Å²) in [4.78, 5) is 13.7. The molecule has 1 heterocycles. The third kappa shape index (κ3) is 1.70. The lowest BCUT2D eigenvalue weighted by Crippen LogP contribution is -1.93. The monoisotopic (exact) mass is 156 g/mol. The van der Waals surface area contributed by atoms with Gasteiger partial charge in [-0.15, -0.1) is 0 Å². The number of pyridine rings is 1. The minimum atomic E-state index is 0.506. The van der Waals surface area contributed by atoms with Gasteiger partial charge in [0.05, 0.1) is 16.9 Å². The zero-order valence-electron chi connectivity index (χ0n) is 5.04. The largest absolute Gasteiger partial charge is 0.327 e. The predicted molar refractivity (Wildman–Crippen MR) is 38.9 cm³/mol. The van der Waals surface area contributed by atoms with Crippen LogP contribution in [0.4, 0.5) is 5.69 Å². The fourth-order valence-electron chi connectivity index (χ4n) is 0.559. The van der Waals surface area contributed by atoms with Crippen molar-refractivity contribution in [3.05, 3.63) is 23.5 Å². The van der Waals surface area contributed by atoms with Crippen molar-refractivity contribution in [2.45, 2.75) is 0 Å². The highest BCUT2D eigenvalue weighted by atomic mass is 35.5. The summed E-state index contributed by atoms with van der Waals surface area (Å²) >= 11 is 5.56. The fraction of sp³-hybridized carbons (Fsp3) is 0. The van der Waals surface area contributed by atoms with Crippen LogP contribution in [0.15, 0.2) is 18.5 Å². The number of carbonyl (C=O) groups is 1. The van der Waals surface area contributed by atoms with E-state index in [9.17, 15) is 4.79 Å². The summed E-state index contributed by atoms with van der Waals surface area (Å²) in [6.45, 7) is 0. The van der Waals surface area contributed by atoms with Crippen molar-refractivity contribution < 1.29 is 4.79 Å². The van der Waals surface area contributed by atoms with Crippen LogP contribution in [0.1, 0.15) is 0 Å². The van der Waals surface area contributed by atoms with Crippen molar-refractivity contribution in [3.8, 4) is 0 Å². The summed E-state index contributed by atoms with van der Waals surface area (Å²) < 4.78 is 0. The molecule has 0 spiro atoms. The van der Waals surface area contributed by atoms with Gasteiger partial charge in [0, 0.05) is 6.20 Å². The van der Waals surface area contributed by atoms with Crippen LogP contribution >= 0.6 is 11.6 Å². The molecule has 0 unspecified atom stereocenters. The number of anilines is 1. The molecule has 0 fully saturated rings. The van der Waals surface area contributed by atoms with Gasteiger partial charge in [-0.25, -0.2) is 0 Å². The molecule has 1 rings (SSSR count). The molecule has 0 aromatic carbocycles. The number of carbonyl (C=O) groups excluding carboxylic acids is 1. The number of hydrogen-bond donors (Lipinski definition) is 1. The Morgan fingerprint density at radius 1 is 1.60 bits per heavy atom. The molecule has 1 amide bonds. The molecule has 1 aromatic heterocycles. The summed E-state index contributed by atoms with van der Waals surface area (Å²) in [5.74, 6) is 0. The first kappa shape index (κ1) is 7.02. The van der Waals surface area contributed by atoms with Crippen LogP contribution < -0.4 is 5.32 Å². The van der Waals surface area contributed by atoms with E-state index in [1.807, 2.05) is 0 Å². The first-order chi connectivity index (χ1) is 4.83. The number of amides is 1. The molecule has 4 heteroatoms. The lowest BCUT2D eigenvalue weighted by Gasteiger charge is -1.95. The van der Waals surface area contributed by atoms with E-state index in [1.54, 1.807) is 6.07 Å². The number of rotatable bonds is 2. The zero-order valence-corrected chi connectivity index (χ0v) is 5.80. The average Bonchev–Trinajstić information content (AvgIpc) is 1.88. The van der Waals surface area contributed by atoms with Crippen molar-refractivity contribution >= 4 is 23.7 Å². The number of nitrogens with zero attached hydrogens (tertiary/aromatic N) is 1. The van der Waals surface area contributed by atoms with Crippen molar-refractivity contribution in [1.29, 1.82) is 0 Å². The molecule has 0 aliphatic rings. The summed E-state index contributed by atoms with van der Waals surface area (Å²) in [7, 11) is 0. The van der Waals surface area contributed by atoms with E-state index in [0.29, 0.717) is 17.1 Å². The Kier molecular flexibility index (Phi) is 2.23. The Bertz CT molecular complexity index is 239. The molecule has 0 aliphatic heterocycles. The minimum absolute atomic E-state index is 0.506. The molecule has 0 saturated carbocycles. The first-order valence-electron chi connectivity index (χ1n) is 2.63. The Balaban J connectivity index is 2.84.